The lowest BCUT2D eigenvalue weighted by molar-refractivity contribution is 0.211. The van der Waals surface area contributed by atoms with Gasteiger partial charge >= 0.3 is 6.09 Å². The van der Waals surface area contributed by atoms with Crippen molar-refractivity contribution >= 4 is 34.2 Å². The third kappa shape index (κ3) is 5.55. The summed E-state index contributed by atoms with van der Waals surface area (Å²) in [5.74, 6) is 0.589. The Labute approximate surface area is 165 Å². The minimum Gasteiger partial charge on any atom is -0.393 e. The molecule has 5 nitrogen and oxygen atoms in total. The van der Waals surface area contributed by atoms with E-state index in [9.17, 15) is 9.18 Å². The molecule has 0 aliphatic heterocycles. The number of amides is 1. The molecule has 27 heavy (non-hydrogen) atoms. The van der Waals surface area contributed by atoms with Crippen LogP contribution in [0.5, 0.6) is 5.88 Å². The molecular formula is C19H19ClFN3O2S. The van der Waals surface area contributed by atoms with Crippen LogP contribution in [-0.4, -0.2) is 15.6 Å². The Balaban J connectivity index is 1.77. The summed E-state index contributed by atoms with van der Waals surface area (Å²) in [5, 5.41) is 2.92. The van der Waals surface area contributed by atoms with E-state index in [0.29, 0.717) is 27.8 Å². The van der Waals surface area contributed by atoms with Crippen LogP contribution in [0.2, 0.25) is 4.34 Å². The smallest absolute Gasteiger partial charge is 0.393 e. The minimum absolute atomic E-state index is 0.287. The fourth-order valence-electron chi connectivity index (χ4n) is 2.64. The second-order valence-corrected chi connectivity index (χ2v) is 8.18. The molecule has 0 radical (unpaired) electrons. The lowest BCUT2D eigenvalue weighted by Gasteiger charge is -2.09. The second-order valence-electron chi connectivity index (χ2n) is 6.52. The van der Waals surface area contributed by atoms with Gasteiger partial charge < -0.3 is 9.30 Å². The van der Waals surface area contributed by atoms with Gasteiger partial charge in [-0.25, -0.2) is 14.2 Å². The summed E-state index contributed by atoms with van der Waals surface area (Å²) in [6.45, 7) is 4.71. The summed E-state index contributed by atoms with van der Waals surface area (Å²) in [7, 11) is 0. The summed E-state index contributed by atoms with van der Waals surface area (Å²) < 4.78 is 20.9. The van der Waals surface area contributed by atoms with E-state index in [1.165, 1.54) is 18.3 Å². The Morgan fingerprint density at radius 2 is 2.07 bits per heavy atom. The number of carbonyl (C=O) groups excluding carboxylic acids is 1. The van der Waals surface area contributed by atoms with Crippen molar-refractivity contribution in [1.29, 1.82) is 0 Å². The number of thiazole rings is 1. The molecule has 0 saturated carbocycles. The van der Waals surface area contributed by atoms with Crippen LogP contribution in [0.3, 0.4) is 0 Å². The van der Waals surface area contributed by atoms with Gasteiger partial charge in [0.05, 0.1) is 12.7 Å². The van der Waals surface area contributed by atoms with Gasteiger partial charge in [-0.1, -0.05) is 48.9 Å². The van der Waals surface area contributed by atoms with Gasteiger partial charge in [0.25, 0.3) is 0 Å². The SMILES string of the molecule is CC(C)Cc1cc(OC(=O)Nc2ncc(Cl)s2)n(Cc2ccc(F)cc2)c1. The Hall–Kier alpha value is -2.38. The first kappa shape index (κ1) is 19.4. The van der Waals surface area contributed by atoms with E-state index in [1.54, 1.807) is 12.1 Å². The summed E-state index contributed by atoms with van der Waals surface area (Å²) >= 11 is 6.96. The molecule has 0 fully saturated rings. The average Bonchev–Trinajstić information content (AvgIpc) is 3.15. The fraction of sp³-hybridized carbons (Fsp3) is 0.263. The maximum atomic E-state index is 13.1. The normalized spacial score (nSPS) is 11.0. The number of hydrogen-bond donors (Lipinski definition) is 1. The first-order chi connectivity index (χ1) is 12.9. The van der Waals surface area contributed by atoms with Crippen molar-refractivity contribution in [2.75, 3.05) is 5.32 Å². The first-order valence-electron chi connectivity index (χ1n) is 8.42. The highest BCUT2D eigenvalue weighted by Gasteiger charge is 2.14. The molecule has 2 aromatic heterocycles. The number of rotatable bonds is 6. The van der Waals surface area contributed by atoms with Crippen LogP contribution in [0.4, 0.5) is 14.3 Å². The standard InChI is InChI=1S/C19H19ClFN3O2S/c1-12(2)7-14-8-17(26-19(25)23-18-22-9-16(20)27-18)24(11-14)10-13-3-5-15(21)6-4-13/h3-6,8-9,11-12H,7,10H2,1-2H3,(H,22,23,25). The second kappa shape index (κ2) is 8.54. The van der Waals surface area contributed by atoms with Crippen molar-refractivity contribution in [3.8, 4) is 5.88 Å². The quantitative estimate of drug-likeness (QED) is 0.579. The van der Waals surface area contributed by atoms with Gasteiger partial charge in [0.1, 0.15) is 10.2 Å². The van der Waals surface area contributed by atoms with Gasteiger partial charge in [0.2, 0.25) is 5.88 Å². The van der Waals surface area contributed by atoms with Crippen molar-refractivity contribution in [3.05, 3.63) is 64.0 Å². The number of aromatic nitrogens is 2. The van der Waals surface area contributed by atoms with Crippen LogP contribution < -0.4 is 10.1 Å². The highest BCUT2D eigenvalue weighted by molar-refractivity contribution is 7.19. The zero-order valence-electron chi connectivity index (χ0n) is 14.9. The number of benzene rings is 1. The topological polar surface area (TPSA) is 56.1 Å². The van der Waals surface area contributed by atoms with Gasteiger partial charge in [0, 0.05) is 12.3 Å². The zero-order chi connectivity index (χ0) is 19.4. The Kier molecular flexibility index (Phi) is 6.13. The number of halogens is 2. The molecule has 3 rings (SSSR count). The van der Waals surface area contributed by atoms with E-state index < -0.39 is 6.09 Å². The van der Waals surface area contributed by atoms with Crippen molar-refractivity contribution < 1.29 is 13.9 Å². The summed E-state index contributed by atoms with van der Waals surface area (Å²) in [6, 6.07) is 8.08. The molecule has 0 atom stereocenters. The molecule has 0 bridgehead atoms. The molecule has 0 aliphatic rings. The molecule has 0 spiro atoms. The number of nitrogens with zero attached hydrogens (tertiary/aromatic N) is 2. The largest absolute Gasteiger partial charge is 0.420 e. The van der Waals surface area contributed by atoms with Crippen LogP contribution in [0.15, 0.2) is 42.7 Å². The Morgan fingerprint density at radius 3 is 2.70 bits per heavy atom. The molecule has 1 aromatic carbocycles. The molecule has 0 aliphatic carbocycles. The molecule has 1 amide bonds. The number of hydrogen-bond acceptors (Lipinski definition) is 4. The van der Waals surface area contributed by atoms with Crippen LogP contribution in [-0.2, 0) is 13.0 Å². The Bertz CT molecular complexity index is 921. The summed E-state index contributed by atoms with van der Waals surface area (Å²) in [6.07, 6.45) is 3.62. The molecule has 8 heteroatoms. The van der Waals surface area contributed by atoms with E-state index >= 15 is 0 Å². The molecule has 0 saturated heterocycles. The van der Waals surface area contributed by atoms with Crippen molar-refractivity contribution in [1.82, 2.24) is 9.55 Å². The molecule has 0 unspecified atom stereocenters. The van der Waals surface area contributed by atoms with E-state index in [-0.39, 0.29) is 5.82 Å². The molecular weight excluding hydrogens is 389 g/mol. The highest BCUT2D eigenvalue weighted by Crippen LogP contribution is 2.24. The zero-order valence-corrected chi connectivity index (χ0v) is 16.5. The minimum atomic E-state index is -0.643. The number of ether oxygens (including phenoxy) is 1. The fourth-order valence-corrected chi connectivity index (χ4v) is 3.44. The molecule has 1 N–H and O–H groups in total. The van der Waals surface area contributed by atoms with Crippen molar-refractivity contribution in [3.63, 3.8) is 0 Å². The van der Waals surface area contributed by atoms with E-state index in [2.05, 4.69) is 24.1 Å². The van der Waals surface area contributed by atoms with Gasteiger partial charge in [-0.15, -0.1) is 0 Å². The lowest BCUT2D eigenvalue weighted by Crippen LogP contribution is -2.18. The molecule has 3 aromatic rings. The van der Waals surface area contributed by atoms with Gasteiger partial charge in [-0.3, -0.25) is 5.32 Å². The van der Waals surface area contributed by atoms with Crippen LogP contribution in [0, 0.1) is 11.7 Å². The number of anilines is 1. The van der Waals surface area contributed by atoms with Gasteiger partial charge in [-0.05, 0) is 35.6 Å². The van der Waals surface area contributed by atoms with E-state index in [4.69, 9.17) is 16.3 Å². The van der Waals surface area contributed by atoms with Crippen LogP contribution >= 0.6 is 22.9 Å². The summed E-state index contributed by atoms with van der Waals surface area (Å²) in [5.41, 5.74) is 1.97. The Morgan fingerprint density at radius 1 is 1.33 bits per heavy atom. The van der Waals surface area contributed by atoms with Crippen LogP contribution in [0.1, 0.15) is 25.0 Å². The third-order valence-electron chi connectivity index (χ3n) is 3.71. The maximum absolute atomic E-state index is 13.1. The predicted molar refractivity (Wildman–Crippen MR) is 105 cm³/mol. The predicted octanol–water partition coefficient (Wildman–Crippen LogP) is 5.59. The molecule has 2 heterocycles. The monoisotopic (exact) mass is 407 g/mol. The third-order valence-corrected chi connectivity index (χ3v) is 4.74. The maximum Gasteiger partial charge on any atom is 0.420 e. The van der Waals surface area contributed by atoms with Crippen LogP contribution in [0.25, 0.3) is 0 Å². The molecule has 142 valence electrons. The van der Waals surface area contributed by atoms with Crippen molar-refractivity contribution in [2.45, 2.75) is 26.8 Å². The van der Waals surface area contributed by atoms with Gasteiger partial charge in [0.15, 0.2) is 5.13 Å². The number of carbonyl (C=O) groups is 1. The van der Waals surface area contributed by atoms with E-state index in [1.807, 2.05) is 16.8 Å². The average molecular weight is 408 g/mol. The van der Waals surface area contributed by atoms with Crippen molar-refractivity contribution in [2.24, 2.45) is 5.92 Å². The highest BCUT2D eigenvalue weighted by atomic mass is 35.5. The first-order valence-corrected chi connectivity index (χ1v) is 9.62. The van der Waals surface area contributed by atoms with Gasteiger partial charge in [-0.2, -0.15) is 0 Å². The number of nitrogens with one attached hydrogen (secondary N) is 1. The van der Waals surface area contributed by atoms with E-state index in [0.717, 1.165) is 28.9 Å². The lowest BCUT2D eigenvalue weighted by atomic mass is 10.1. The summed E-state index contributed by atoms with van der Waals surface area (Å²) in [4.78, 5) is 16.2.